The van der Waals surface area contributed by atoms with E-state index in [2.05, 4.69) is 42.0 Å². The lowest BCUT2D eigenvalue weighted by molar-refractivity contribution is -0.113. The molecule has 1 heterocycles. The fraction of sp³-hybridized carbons (Fsp3) is 0.200. The summed E-state index contributed by atoms with van der Waals surface area (Å²) in [5, 5.41) is 15.6. The summed E-state index contributed by atoms with van der Waals surface area (Å²) in [5.74, 6) is 6.32. The van der Waals surface area contributed by atoms with Crippen LogP contribution < -0.4 is 16.6 Å². The number of nitrogens with one attached hydrogen (secondary N) is 2. The molecule has 3 rings (SSSR count). The predicted octanol–water partition coefficient (Wildman–Crippen LogP) is 3.94. The fourth-order valence-electron chi connectivity index (χ4n) is 2.61. The molecule has 3 aromatic rings. The fourth-order valence-corrected chi connectivity index (χ4v) is 3.53. The summed E-state index contributed by atoms with van der Waals surface area (Å²) in [7, 11) is 0. The van der Waals surface area contributed by atoms with Gasteiger partial charge in [-0.05, 0) is 50.1 Å². The van der Waals surface area contributed by atoms with Crippen LogP contribution in [0.25, 0.3) is 0 Å². The number of hydrazone groups is 1. The van der Waals surface area contributed by atoms with Crippen molar-refractivity contribution in [3.05, 3.63) is 63.6 Å². The largest absolute Gasteiger partial charge is 0.334 e. The molecule has 0 aliphatic carbocycles. The number of halogens is 1. The Bertz CT molecular complexity index is 1080. The highest BCUT2D eigenvalue weighted by Gasteiger charge is 2.13. The molecule has 30 heavy (non-hydrogen) atoms. The van der Waals surface area contributed by atoms with Gasteiger partial charge in [0.15, 0.2) is 0 Å². The van der Waals surface area contributed by atoms with E-state index in [9.17, 15) is 4.79 Å². The molecule has 0 unspecified atom stereocenters. The summed E-state index contributed by atoms with van der Waals surface area (Å²) in [5.41, 5.74) is 7.50. The number of carbonyl (C=O) groups is 1. The summed E-state index contributed by atoms with van der Waals surface area (Å²) in [6.45, 7) is 5.85. The summed E-state index contributed by atoms with van der Waals surface area (Å²) in [6, 6.07) is 13.7. The second kappa shape index (κ2) is 9.77. The maximum Gasteiger partial charge on any atom is 0.264 e. The van der Waals surface area contributed by atoms with Gasteiger partial charge < -0.3 is 11.2 Å². The van der Waals surface area contributed by atoms with Crippen LogP contribution in [0.1, 0.15) is 23.6 Å². The number of anilines is 2. The van der Waals surface area contributed by atoms with Crippen LogP contribution in [-0.4, -0.2) is 32.2 Å². The van der Waals surface area contributed by atoms with Crippen molar-refractivity contribution in [2.45, 2.75) is 25.9 Å². The Morgan fingerprint density at radius 1 is 1.20 bits per heavy atom. The highest BCUT2D eigenvalue weighted by molar-refractivity contribution is 9.10. The topological polar surface area (TPSA) is 110 Å². The lowest BCUT2D eigenvalue weighted by atomic mass is 10.1. The number of aromatic nitrogens is 3. The number of nitrogens with zero attached hydrogens (tertiary/aromatic N) is 4. The third-order valence-electron chi connectivity index (χ3n) is 4.24. The first-order valence-corrected chi connectivity index (χ1v) is 10.9. The molecule has 0 fully saturated rings. The Morgan fingerprint density at radius 3 is 2.63 bits per heavy atom. The standard InChI is InChI=1S/C20H22BrN7OS/c1-12-4-9-17(13(2)10-12)23-18(29)11-30-20-27-26-19(28(20)22)25-24-14(3)15-5-7-16(21)8-6-15/h4-10H,11,22H2,1-3H3,(H,23,29)(H,25,26)/b24-14+. The minimum Gasteiger partial charge on any atom is -0.334 e. The van der Waals surface area contributed by atoms with Crippen molar-refractivity contribution in [3.63, 3.8) is 0 Å². The molecule has 0 radical (unpaired) electrons. The first-order chi connectivity index (χ1) is 14.3. The molecule has 0 aliphatic heterocycles. The van der Waals surface area contributed by atoms with Crippen LogP contribution in [0, 0.1) is 13.8 Å². The second-order valence-corrected chi connectivity index (χ2v) is 8.51. The number of nitrogen functional groups attached to an aromatic ring is 1. The summed E-state index contributed by atoms with van der Waals surface area (Å²) in [6.07, 6.45) is 0. The number of rotatable bonds is 7. The van der Waals surface area contributed by atoms with E-state index >= 15 is 0 Å². The van der Waals surface area contributed by atoms with Crippen molar-refractivity contribution in [2.24, 2.45) is 5.10 Å². The zero-order valence-corrected chi connectivity index (χ0v) is 19.2. The average Bonchev–Trinajstić information content (AvgIpc) is 3.07. The Kier molecular flexibility index (Phi) is 7.11. The number of carbonyl (C=O) groups excluding carboxylic acids is 1. The van der Waals surface area contributed by atoms with E-state index in [1.807, 2.05) is 63.2 Å². The molecule has 0 spiro atoms. The van der Waals surface area contributed by atoms with Crippen molar-refractivity contribution in [3.8, 4) is 0 Å². The SMILES string of the molecule is C/C(=N\Nc1nnc(SCC(=O)Nc2ccc(C)cc2C)n1N)c1ccc(Br)cc1. The number of benzene rings is 2. The molecule has 0 saturated carbocycles. The van der Waals surface area contributed by atoms with Crippen LogP contribution in [0.3, 0.4) is 0 Å². The average molecular weight is 488 g/mol. The molecule has 0 saturated heterocycles. The molecule has 8 nitrogen and oxygen atoms in total. The number of amides is 1. The number of nitrogens with two attached hydrogens (primary N) is 1. The Hall–Kier alpha value is -2.85. The highest BCUT2D eigenvalue weighted by atomic mass is 79.9. The van der Waals surface area contributed by atoms with Gasteiger partial charge in [-0.15, -0.1) is 10.2 Å². The third kappa shape index (κ3) is 5.61. The van der Waals surface area contributed by atoms with Gasteiger partial charge in [0.1, 0.15) is 0 Å². The first kappa shape index (κ1) is 21.8. The van der Waals surface area contributed by atoms with Crippen LogP contribution in [0.5, 0.6) is 0 Å². The van der Waals surface area contributed by atoms with Gasteiger partial charge in [-0.2, -0.15) is 5.10 Å². The van der Waals surface area contributed by atoms with E-state index in [0.717, 1.165) is 32.6 Å². The molecule has 2 aromatic carbocycles. The zero-order valence-electron chi connectivity index (χ0n) is 16.8. The Balaban J connectivity index is 1.57. The molecular weight excluding hydrogens is 466 g/mol. The van der Waals surface area contributed by atoms with E-state index in [1.165, 1.54) is 16.4 Å². The third-order valence-corrected chi connectivity index (χ3v) is 5.71. The van der Waals surface area contributed by atoms with Gasteiger partial charge in [-0.3, -0.25) is 4.79 Å². The van der Waals surface area contributed by atoms with Crippen molar-refractivity contribution in [1.29, 1.82) is 0 Å². The van der Waals surface area contributed by atoms with Crippen LogP contribution in [-0.2, 0) is 4.79 Å². The molecule has 0 bridgehead atoms. The molecule has 0 atom stereocenters. The molecular formula is C20H22BrN7OS. The monoisotopic (exact) mass is 487 g/mol. The maximum absolute atomic E-state index is 12.3. The number of hydrogen-bond acceptors (Lipinski definition) is 7. The van der Waals surface area contributed by atoms with Crippen LogP contribution in [0.15, 0.2) is 57.2 Å². The normalized spacial score (nSPS) is 11.4. The van der Waals surface area contributed by atoms with Crippen LogP contribution in [0.2, 0.25) is 0 Å². The lowest BCUT2D eigenvalue weighted by Crippen LogP contribution is -2.17. The number of thioether (sulfide) groups is 1. The van der Waals surface area contributed by atoms with Crippen LogP contribution in [0.4, 0.5) is 11.6 Å². The van der Waals surface area contributed by atoms with Crippen molar-refractivity contribution >= 4 is 50.9 Å². The van der Waals surface area contributed by atoms with Gasteiger partial charge in [0, 0.05) is 10.2 Å². The highest BCUT2D eigenvalue weighted by Crippen LogP contribution is 2.19. The van der Waals surface area contributed by atoms with E-state index in [4.69, 9.17) is 5.84 Å². The smallest absolute Gasteiger partial charge is 0.264 e. The van der Waals surface area contributed by atoms with Crippen LogP contribution >= 0.6 is 27.7 Å². The van der Waals surface area contributed by atoms with E-state index < -0.39 is 0 Å². The molecule has 4 N–H and O–H groups in total. The van der Waals surface area contributed by atoms with Gasteiger partial charge in [-0.1, -0.05) is 57.5 Å². The Morgan fingerprint density at radius 2 is 1.93 bits per heavy atom. The van der Waals surface area contributed by atoms with E-state index in [0.29, 0.717) is 5.16 Å². The minimum absolute atomic E-state index is 0.145. The van der Waals surface area contributed by atoms with Crippen molar-refractivity contribution in [2.75, 3.05) is 22.3 Å². The van der Waals surface area contributed by atoms with Gasteiger partial charge in [0.05, 0.1) is 11.5 Å². The summed E-state index contributed by atoms with van der Waals surface area (Å²) < 4.78 is 2.27. The zero-order chi connectivity index (χ0) is 21.7. The second-order valence-electron chi connectivity index (χ2n) is 6.65. The predicted molar refractivity (Wildman–Crippen MR) is 125 cm³/mol. The number of hydrogen-bond donors (Lipinski definition) is 3. The van der Waals surface area contributed by atoms with Gasteiger partial charge in [-0.25, -0.2) is 10.1 Å². The molecule has 10 heteroatoms. The lowest BCUT2D eigenvalue weighted by Gasteiger charge is -2.09. The summed E-state index contributed by atoms with van der Waals surface area (Å²) >= 11 is 4.60. The minimum atomic E-state index is -0.145. The molecule has 1 aromatic heterocycles. The van der Waals surface area contributed by atoms with Gasteiger partial charge in [0.25, 0.3) is 5.95 Å². The van der Waals surface area contributed by atoms with Crippen molar-refractivity contribution in [1.82, 2.24) is 14.9 Å². The van der Waals surface area contributed by atoms with E-state index in [-0.39, 0.29) is 17.6 Å². The molecule has 0 aliphatic rings. The molecule has 156 valence electrons. The van der Waals surface area contributed by atoms with Gasteiger partial charge in [0.2, 0.25) is 11.1 Å². The summed E-state index contributed by atoms with van der Waals surface area (Å²) in [4.78, 5) is 12.3. The van der Waals surface area contributed by atoms with E-state index in [1.54, 1.807) is 0 Å². The number of aryl methyl sites for hydroxylation is 2. The quantitative estimate of drug-likeness (QED) is 0.201. The van der Waals surface area contributed by atoms with Gasteiger partial charge >= 0.3 is 0 Å². The van der Waals surface area contributed by atoms with Crippen molar-refractivity contribution < 1.29 is 4.79 Å². The molecule has 1 amide bonds. The first-order valence-electron chi connectivity index (χ1n) is 9.10. The maximum atomic E-state index is 12.3. The Labute approximate surface area is 187 Å².